The van der Waals surface area contributed by atoms with Gasteiger partial charge in [-0.05, 0) is 18.4 Å². The maximum absolute atomic E-state index is 13.3. The van der Waals surface area contributed by atoms with Gasteiger partial charge >= 0.3 is 0 Å². The van der Waals surface area contributed by atoms with Gasteiger partial charge in [-0.15, -0.1) is 0 Å². The highest BCUT2D eigenvalue weighted by Crippen LogP contribution is 2.26. The van der Waals surface area contributed by atoms with Crippen LogP contribution in [-0.2, 0) is 17.7 Å². The van der Waals surface area contributed by atoms with Crippen molar-refractivity contribution in [1.82, 2.24) is 14.5 Å². The second-order valence-corrected chi connectivity index (χ2v) is 6.50. The summed E-state index contributed by atoms with van der Waals surface area (Å²) in [5.74, 6) is 0.552. The Labute approximate surface area is 150 Å². The average molecular weight is 353 g/mol. The fourth-order valence-corrected chi connectivity index (χ4v) is 3.66. The zero-order valence-electron chi connectivity index (χ0n) is 14.4. The molecule has 2 aromatic rings. The first-order valence-electron chi connectivity index (χ1n) is 8.86. The largest absolute Gasteiger partial charge is 0.378 e. The van der Waals surface area contributed by atoms with Crippen molar-refractivity contribution in [2.75, 3.05) is 31.2 Å². The van der Waals surface area contributed by atoms with Crippen molar-refractivity contribution in [1.29, 1.82) is 5.26 Å². The molecule has 134 valence electrons. The molecule has 0 unspecified atom stereocenters. The molecule has 2 aromatic heterocycles. The van der Waals surface area contributed by atoms with E-state index in [1.165, 1.54) is 0 Å². The van der Waals surface area contributed by atoms with Crippen LogP contribution in [0.4, 0.5) is 5.95 Å². The normalized spacial score (nSPS) is 17.2. The summed E-state index contributed by atoms with van der Waals surface area (Å²) >= 11 is 0. The van der Waals surface area contributed by atoms with Crippen LogP contribution in [0.3, 0.4) is 0 Å². The number of morpholine rings is 1. The van der Waals surface area contributed by atoms with Gasteiger partial charge in [0, 0.05) is 37.8 Å². The highest BCUT2D eigenvalue weighted by Gasteiger charge is 2.25. The van der Waals surface area contributed by atoms with E-state index >= 15 is 0 Å². The number of nitriles is 1. The third kappa shape index (κ3) is 2.74. The van der Waals surface area contributed by atoms with E-state index in [-0.39, 0.29) is 24.3 Å². The summed E-state index contributed by atoms with van der Waals surface area (Å²) in [5.41, 5.74) is 1.44. The number of carbonyl (C=O) groups excluding carboxylic acids is 1. The predicted octanol–water partition coefficient (Wildman–Crippen LogP) is 1.06. The summed E-state index contributed by atoms with van der Waals surface area (Å²) in [7, 11) is 0. The molecule has 8 nitrogen and oxygen atoms in total. The van der Waals surface area contributed by atoms with Gasteiger partial charge < -0.3 is 9.64 Å². The van der Waals surface area contributed by atoms with Crippen molar-refractivity contribution >= 4 is 22.8 Å². The van der Waals surface area contributed by atoms with E-state index in [2.05, 4.69) is 16.0 Å². The quantitative estimate of drug-likeness (QED) is 0.813. The van der Waals surface area contributed by atoms with Gasteiger partial charge in [-0.25, -0.2) is 4.98 Å². The van der Waals surface area contributed by atoms with Crippen LogP contribution in [0.15, 0.2) is 11.0 Å². The molecule has 8 heteroatoms. The topological polar surface area (TPSA) is 101 Å². The van der Waals surface area contributed by atoms with E-state index in [0.29, 0.717) is 61.7 Å². The van der Waals surface area contributed by atoms with Crippen molar-refractivity contribution in [3.05, 3.63) is 27.7 Å². The number of pyridine rings is 1. The smallest absolute Gasteiger partial charge is 0.264 e. The third-order valence-corrected chi connectivity index (χ3v) is 4.94. The number of nitrogens with zero attached hydrogens (tertiary/aromatic N) is 5. The lowest BCUT2D eigenvalue weighted by Gasteiger charge is -2.30. The molecule has 26 heavy (non-hydrogen) atoms. The van der Waals surface area contributed by atoms with Gasteiger partial charge in [0.05, 0.1) is 31.1 Å². The van der Waals surface area contributed by atoms with E-state index in [9.17, 15) is 9.59 Å². The number of ketones is 1. The number of fused-ring (bicyclic) bond motifs is 3. The minimum Gasteiger partial charge on any atom is -0.378 e. The summed E-state index contributed by atoms with van der Waals surface area (Å²) in [5, 5.41) is 9.41. The Kier molecular flexibility index (Phi) is 4.39. The molecule has 3 heterocycles. The van der Waals surface area contributed by atoms with Crippen LogP contribution in [0.1, 0.15) is 35.2 Å². The monoisotopic (exact) mass is 353 g/mol. The maximum atomic E-state index is 13.3. The van der Waals surface area contributed by atoms with Crippen molar-refractivity contribution in [2.24, 2.45) is 0 Å². The first kappa shape index (κ1) is 16.7. The van der Waals surface area contributed by atoms with Crippen molar-refractivity contribution < 1.29 is 9.53 Å². The Morgan fingerprint density at radius 2 is 2.04 bits per heavy atom. The minimum atomic E-state index is -0.217. The van der Waals surface area contributed by atoms with Crippen LogP contribution in [0, 0.1) is 11.3 Å². The predicted molar refractivity (Wildman–Crippen MR) is 94.3 cm³/mol. The van der Waals surface area contributed by atoms with E-state index in [0.717, 1.165) is 12.0 Å². The summed E-state index contributed by atoms with van der Waals surface area (Å²) in [6.45, 7) is 2.67. The standard InChI is InChI=1S/C18H19N5O3/c19-5-2-6-23-17(25)15-12-3-1-4-14(24)13(12)11-20-16(15)21-18(23)22-7-9-26-10-8-22/h11H,1-4,6-10H2. The van der Waals surface area contributed by atoms with Crippen LogP contribution in [0.2, 0.25) is 0 Å². The Morgan fingerprint density at radius 1 is 1.23 bits per heavy atom. The summed E-state index contributed by atoms with van der Waals surface area (Å²) in [6, 6.07) is 2.09. The van der Waals surface area contributed by atoms with Gasteiger partial charge in [0.1, 0.15) is 0 Å². The molecule has 0 aromatic carbocycles. The van der Waals surface area contributed by atoms with Crippen LogP contribution in [0.5, 0.6) is 0 Å². The van der Waals surface area contributed by atoms with Gasteiger partial charge in [-0.3, -0.25) is 14.2 Å². The van der Waals surface area contributed by atoms with Gasteiger partial charge in [0.25, 0.3) is 5.56 Å². The molecule has 0 spiro atoms. The van der Waals surface area contributed by atoms with Gasteiger partial charge in [0.2, 0.25) is 5.95 Å². The zero-order valence-corrected chi connectivity index (χ0v) is 14.4. The number of hydrogen-bond acceptors (Lipinski definition) is 7. The number of rotatable bonds is 3. The molecule has 1 aliphatic carbocycles. The van der Waals surface area contributed by atoms with Crippen LogP contribution in [-0.4, -0.2) is 46.6 Å². The lowest BCUT2D eigenvalue weighted by atomic mass is 9.90. The summed E-state index contributed by atoms with van der Waals surface area (Å²) in [6.07, 6.45) is 3.65. The molecule has 4 rings (SSSR count). The third-order valence-electron chi connectivity index (χ3n) is 4.94. The second-order valence-electron chi connectivity index (χ2n) is 6.50. The first-order chi connectivity index (χ1) is 12.7. The number of carbonyl (C=O) groups is 1. The van der Waals surface area contributed by atoms with E-state index in [1.807, 2.05) is 4.90 Å². The Balaban J connectivity index is 1.95. The maximum Gasteiger partial charge on any atom is 0.264 e. The van der Waals surface area contributed by atoms with Crippen molar-refractivity contribution in [3.63, 3.8) is 0 Å². The number of aromatic nitrogens is 3. The highest BCUT2D eigenvalue weighted by molar-refractivity contribution is 6.02. The summed E-state index contributed by atoms with van der Waals surface area (Å²) in [4.78, 5) is 36.4. The molecule has 0 N–H and O–H groups in total. The molecular weight excluding hydrogens is 334 g/mol. The van der Waals surface area contributed by atoms with Gasteiger partial charge in [-0.2, -0.15) is 10.2 Å². The number of anilines is 1. The van der Waals surface area contributed by atoms with Crippen LogP contribution in [0.25, 0.3) is 11.0 Å². The van der Waals surface area contributed by atoms with E-state index in [4.69, 9.17) is 10.00 Å². The summed E-state index contributed by atoms with van der Waals surface area (Å²) < 4.78 is 6.94. The Bertz CT molecular complexity index is 969. The van der Waals surface area contributed by atoms with Crippen LogP contribution >= 0.6 is 0 Å². The fraction of sp³-hybridized carbons (Fsp3) is 0.500. The lowest BCUT2D eigenvalue weighted by molar-refractivity contribution is 0.0972. The molecule has 1 fully saturated rings. The highest BCUT2D eigenvalue weighted by atomic mass is 16.5. The molecule has 1 saturated heterocycles. The molecule has 0 radical (unpaired) electrons. The molecule has 0 bridgehead atoms. The lowest BCUT2D eigenvalue weighted by Crippen LogP contribution is -2.41. The minimum absolute atomic E-state index is 0.0286. The van der Waals surface area contributed by atoms with Gasteiger partial charge in [0.15, 0.2) is 11.4 Å². The van der Waals surface area contributed by atoms with Crippen LogP contribution < -0.4 is 10.5 Å². The number of hydrogen-bond donors (Lipinski definition) is 0. The number of Topliss-reactive ketones (excluding diaryl/α,β-unsaturated/α-hetero) is 1. The molecular formula is C18H19N5O3. The molecule has 2 aliphatic rings. The molecule has 0 atom stereocenters. The number of aryl methyl sites for hydroxylation is 1. The molecule has 0 saturated carbocycles. The molecule has 0 amide bonds. The Morgan fingerprint density at radius 3 is 2.81 bits per heavy atom. The van der Waals surface area contributed by atoms with E-state index < -0.39 is 0 Å². The van der Waals surface area contributed by atoms with E-state index in [1.54, 1.807) is 10.8 Å². The van der Waals surface area contributed by atoms with Crippen molar-refractivity contribution in [3.8, 4) is 6.07 Å². The fourth-order valence-electron chi connectivity index (χ4n) is 3.66. The second kappa shape index (κ2) is 6.84. The zero-order chi connectivity index (χ0) is 18.1. The molecule has 1 aliphatic heterocycles. The van der Waals surface area contributed by atoms with Gasteiger partial charge in [-0.1, -0.05) is 0 Å². The SMILES string of the molecule is N#CCCn1c(N2CCOCC2)nc2ncc3c(c2c1=O)CCCC3=O. The Hall–Kier alpha value is -2.79. The average Bonchev–Trinajstić information content (AvgIpc) is 2.67. The van der Waals surface area contributed by atoms with Crippen molar-refractivity contribution in [2.45, 2.75) is 32.2 Å². The first-order valence-corrected chi connectivity index (χ1v) is 8.86. The number of ether oxygens (including phenoxy) is 1.